The first-order chi connectivity index (χ1) is 17.1. The summed E-state index contributed by atoms with van der Waals surface area (Å²) in [4.78, 5) is 23.2. The van der Waals surface area contributed by atoms with E-state index in [-0.39, 0.29) is 26.4 Å². The lowest BCUT2D eigenvalue weighted by Crippen LogP contribution is -2.36. The average molecular weight is 492 g/mol. The molecule has 0 aliphatic heterocycles. The number of hydrogen-bond donors (Lipinski definition) is 1. The zero-order valence-corrected chi connectivity index (χ0v) is 21.7. The van der Waals surface area contributed by atoms with Crippen LogP contribution in [0.1, 0.15) is 76.7 Å². The highest BCUT2D eigenvalue weighted by Crippen LogP contribution is 2.17. The van der Waals surface area contributed by atoms with Crippen LogP contribution in [0.4, 0.5) is 4.79 Å². The predicted octanol–water partition coefficient (Wildman–Crippen LogP) is 6.14. The number of carbonyl (C=O) groups excluding carboxylic acids is 2. The van der Waals surface area contributed by atoms with Crippen LogP contribution in [0.25, 0.3) is 0 Å². The van der Waals surface area contributed by atoms with E-state index in [1.807, 2.05) is 31.2 Å². The standard InChI is InChI=1S/C28H45NO6/c1-4-6-7-8-9-10-11-12-13-16-20-32-22-25(23-34-26-18-15-14-17-24(26)3)35-28(31)29-19-21-33-27(30)5-2/h5,14-15,17-18,25H,2,4,6-13,16,19-23H2,1,3H3,(H,29,31). The summed E-state index contributed by atoms with van der Waals surface area (Å²) in [5, 5.41) is 2.56. The maximum absolute atomic E-state index is 12.2. The third-order valence-corrected chi connectivity index (χ3v) is 5.52. The molecule has 0 saturated carbocycles. The van der Waals surface area contributed by atoms with E-state index in [0.717, 1.165) is 30.2 Å². The van der Waals surface area contributed by atoms with Crippen LogP contribution in [0.3, 0.4) is 0 Å². The lowest BCUT2D eigenvalue weighted by Gasteiger charge is -2.19. The van der Waals surface area contributed by atoms with Gasteiger partial charge in [0.25, 0.3) is 0 Å². The number of amides is 1. The second-order valence-electron chi connectivity index (χ2n) is 8.66. The summed E-state index contributed by atoms with van der Waals surface area (Å²) >= 11 is 0. The van der Waals surface area contributed by atoms with Crippen molar-refractivity contribution in [3.05, 3.63) is 42.5 Å². The quantitative estimate of drug-likeness (QED) is 0.126. The van der Waals surface area contributed by atoms with E-state index in [2.05, 4.69) is 18.8 Å². The minimum absolute atomic E-state index is 0.0412. The van der Waals surface area contributed by atoms with E-state index >= 15 is 0 Å². The Hall–Kier alpha value is -2.54. The first kappa shape index (κ1) is 30.5. The SMILES string of the molecule is C=CC(=O)OCCNC(=O)OC(COCCCCCCCCCCCC)COc1ccccc1C. The fourth-order valence-electron chi connectivity index (χ4n) is 3.48. The summed E-state index contributed by atoms with van der Waals surface area (Å²) in [5.74, 6) is 0.206. The van der Waals surface area contributed by atoms with Gasteiger partial charge in [0.1, 0.15) is 19.0 Å². The molecule has 1 atom stereocenters. The predicted molar refractivity (Wildman–Crippen MR) is 139 cm³/mol. The smallest absolute Gasteiger partial charge is 0.407 e. The van der Waals surface area contributed by atoms with Crippen molar-refractivity contribution in [2.24, 2.45) is 0 Å². The number of nitrogens with one attached hydrogen (secondary N) is 1. The third kappa shape index (κ3) is 16.7. The van der Waals surface area contributed by atoms with E-state index < -0.39 is 18.2 Å². The third-order valence-electron chi connectivity index (χ3n) is 5.52. The molecule has 0 aliphatic rings. The maximum atomic E-state index is 12.2. The Kier molecular flexibility index (Phi) is 18.1. The van der Waals surface area contributed by atoms with E-state index in [0.29, 0.717) is 6.61 Å². The number of alkyl carbamates (subject to hydrolysis) is 1. The minimum Gasteiger partial charge on any atom is -0.489 e. The van der Waals surface area contributed by atoms with Gasteiger partial charge in [-0.25, -0.2) is 9.59 Å². The van der Waals surface area contributed by atoms with Crippen LogP contribution < -0.4 is 10.1 Å². The normalized spacial score (nSPS) is 11.5. The van der Waals surface area contributed by atoms with Crippen molar-refractivity contribution in [1.82, 2.24) is 5.32 Å². The molecule has 1 aromatic carbocycles. The number of rotatable bonds is 21. The van der Waals surface area contributed by atoms with Gasteiger partial charge in [-0.3, -0.25) is 0 Å². The Morgan fingerprint density at radius 2 is 1.60 bits per heavy atom. The van der Waals surface area contributed by atoms with Gasteiger partial charge in [-0.1, -0.05) is 89.5 Å². The lowest BCUT2D eigenvalue weighted by molar-refractivity contribution is -0.137. The summed E-state index contributed by atoms with van der Waals surface area (Å²) in [7, 11) is 0. The maximum Gasteiger partial charge on any atom is 0.407 e. The first-order valence-corrected chi connectivity index (χ1v) is 13.1. The van der Waals surface area contributed by atoms with Crippen LogP contribution in [0, 0.1) is 6.92 Å². The molecule has 0 saturated heterocycles. The Morgan fingerprint density at radius 3 is 2.26 bits per heavy atom. The number of carbonyl (C=O) groups is 2. The van der Waals surface area contributed by atoms with Gasteiger partial charge in [0.05, 0.1) is 13.2 Å². The van der Waals surface area contributed by atoms with Gasteiger partial charge in [-0.2, -0.15) is 0 Å². The number of hydrogen-bond acceptors (Lipinski definition) is 6. The monoisotopic (exact) mass is 491 g/mol. The van der Waals surface area contributed by atoms with Crippen LogP contribution in [-0.2, 0) is 19.0 Å². The second kappa shape index (κ2) is 20.8. The fraction of sp³-hybridized carbons (Fsp3) is 0.643. The summed E-state index contributed by atoms with van der Waals surface area (Å²) in [6, 6.07) is 7.69. The Bertz CT molecular complexity index is 708. The number of benzene rings is 1. The highest BCUT2D eigenvalue weighted by molar-refractivity contribution is 5.81. The van der Waals surface area contributed by atoms with Crippen molar-refractivity contribution in [1.29, 1.82) is 0 Å². The molecular formula is C28H45NO6. The molecule has 0 radical (unpaired) electrons. The van der Waals surface area contributed by atoms with Gasteiger partial charge in [0.15, 0.2) is 6.10 Å². The zero-order valence-electron chi connectivity index (χ0n) is 21.7. The summed E-state index contributed by atoms with van der Waals surface area (Å²) in [5.41, 5.74) is 1.01. The van der Waals surface area contributed by atoms with Crippen molar-refractivity contribution in [3.8, 4) is 5.75 Å². The van der Waals surface area contributed by atoms with Crippen molar-refractivity contribution in [2.45, 2.75) is 84.2 Å². The number of esters is 1. The zero-order chi connectivity index (χ0) is 25.6. The van der Waals surface area contributed by atoms with Crippen LogP contribution in [0.2, 0.25) is 0 Å². The van der Waals surface area contributed by atoms with Gasteiger partial charge < -0.3 is 24.3 Å². The molecule has 198 valence electrons. The Morgan fingerprint density at radius 1 is 0.943 bits per heavy atom. The molecule has 1 rings (SSSR count). The van der Waals surface area contributed by atoms with Crippen molar-refractivity contribution in [3.63, 3.8) is 0 Å². The molecule has 7 nitrogen and oxygen atoms in total. The molecule has 0 bridgehead atoms. The molecule has 0 spiro atoms. The molecule has 1 aromatic rings. The van der Waals surface area contributed by atoms with Gasteiger partial charge in [-0.15, -0.1) is 0 Å². The lowest BCUT2D eigenvalue weighted by atomic mass is 10.1. The largest absolute Gasteiger partial charge is 0.489 e. The number of ether oxygens (including phenoxy) is 4. The first-order valence-electron chi connectivity index (χ1n) is 13.1. The second-order valence-corrected chi connectivity index (χ2v) is 8.66. The molecule has 1 amide bonds. The molecule has 1 N–H and O–H groups in total. The molecule has 35 heavy (non-hydrogen) atoms. The fourth-order valence-corrected chi connectivity index (χ4v) is 3.48. The van der Waals surface area contributed by atoms with E-state index in [4.69, 9.17) is 18.9 Å². The van der Waals surface area contributed by atoms with Gasteiger partial charge in [0.2, 0.25) is 0 Å². The highest BCUT2D eigenvalue weighted by atomic mass is 16.6. The van der Waals surface area contributed by atoms with Gasteiger partial charge in [-0.05, 0) is 25.0 Å². The Balaban J connectivity index is 2.29. The topological polar surface area (TPSA) is 83.1 Å². The highest BCUT2D eigenvalue weighted by Gasteiger charge is 2.16. The van der Waals surface area contributed by atoms with Crippen molar-refractivity contribution >= 4 is 12.1 Å². The molecule has 0 heterocycles. The summed E-state index contributed by atoms with van der Waals surface area (Å²) in [6.07, 6.45) is 12.6. The summed E-state index contributed by atoms with van der Waals surface area (Å²) in [6.45, 7) is 8.77. The molecule has 0 fully saturated rings. The average Bonchev–Trinajstić information content (AvgIpc) is 2.86. The van der Waals surface area contributed by atoms with Crippen LogP contribution in [0.15, 0.2) is 36.9 Å². The van der Waals surface area contributed by atoms with E-state index in [1.165, 1.54) is 51.4 Å². The van der Waals surface area contributed by atoms with E-state index in [9.17, 15) is 9.59 Å². The number of para-hydroxylation sites is 1. The molecule has 7 heteroatoms. The number of aryl methyl sites for hydroxylation is 1. The number of unbranched alkanes of at least 4 members (excludes halogenated alkanes) is 9. The van der Waals surface area contributed by atoms with E-state index in [1.54, 1.807) is 0 Å². The molecule has 0 aromatic heterocycles. The van der Waals surface area contributed by atoms with Crippen molar-refractivity contribution in [2.75, 3.05) is 33.0 Å². The van der Waals surface area contributed by atoms with Crippen LogP contribution >= 0.6 is 0 Å². The Labute approximate surface area is 211 Å². The van der Waals surface area contributed by atoms with Crippen LogP contribution in [0.5, 0.6) is 5.75 Å². The minimum atomic E-state index is -0.611. The van der Waals surface area contributed by atoms with Gasteiger partial charge in [0, 0.05) is 12.7 Å². The van der Waals surface area contributed by atoms with Crippen molar-refractivity contribution < 1.29 is 28.5 Å². The van der Waals surface area contributed by atoms with Gasteiger partial charge >= 0.3 is 12.1 Å². The molecular weight excluding hydrogens is 446 g/mol. The molecule has 0 aliphatic carbocycles. The van der Waals surface area contributed by atoms with Crippen LogP contribution in [-0.4, -0.2) is 51.1 Å². The summed E-state index contributed by atoms with van der Waals surface area (Å²) < 4.78 is 22.0. The molecule has 1 unspecified atom stereocenters.